The van der Waals surface area contributed by atoms with Crippen LogP contribution < -0.4 is 5.32 Å². The Labute approximate surface area is 214 Å². The standard InChI is InChI=1S/C22H19Br2Cl2N3OSe/c23-18-9-8-17(31-18)21-19(24)20(22(30)27-11-10-13-4-2-1-3-5-13)28-29(21)16-7-6-14(25)12-15(16)26/h2,4,6-9,12-13H,1,3,5,10-11H2,(H,27,30). The first-order chi connectivity index (χ1) is 14.9. The minimum atomic E-state index is -0.199. The van der Waals surface area contributed by atoms with Gasteiger partial charge in [0.2, 0.25) is 0 Å². The van der Waals surface area contributed by atoms with Crippen molar-refractivity contribution in [2.75, 3.05) is 6.54 Å². The van der Waals surface area contributed by atoms with E-state index in [0.717, 1.165) is 26.3 Å². The summed E-state index contributed by atoms with van der Waals surface area (Å²) in [5.41, 5.74) is 1.85. The van der Waals surface area contributed by atoms with Gasteiger partial charge in [0.25, 0.3) is 0 Å². The number of halogens is 4. The van der Waals surface area contributed by atoms with E-state index in [-0.39, 0.29) is 20.4 Å². The Morgan fingerprint density at radius 1 is 1.26 bits per heavy atom. The van der Waals surface area contributed by atoms with Crippen molar-refractivity contribution >= 4 is 75.5 Å². The van der Waals surface area contributed by atoms with Crippen LogP contribution in [0.5, 0.6) is 0 Å². The molecule has 4 nitrogen and oxygen atoms in total. The van der Waals surface area contributed by atoms with Gasteiger partial charge in [-0.15, -0.1) is 0 Å². The summed E-state index contributed by atoms with van der Waals surface area (Å²) in [6.07, 6.45) is 8.99. The van der Waals surface area contributed by atoms with Gasteiger partial charge in [0.05, 0.1) is 0 Å². The average Bonchev–Trinajstić information content (AvgIpc) is 3.31. The Hall–Kier alpha value is -0.821. The molecule has 1 aliphatic carbocycles. The second-order valence-electron chi connectivity index (χ2n) is 7.29. The van der Waals surface area contributed by atoms with Crippen LogP contribution in [0.15, 0.2) is 50.3 Å². The Morgan fingerprint density at radius 2 is 2.10 bits per heavy atom. The van der Waals surface area contributed by atoms with E-state index in [2.05, 4.69) is 54.4 Å². The van der Waals surface area contributed by atoms with Crippen LogP contribution in [-0.4, -0.2) is 36.7 Å². The monoisotopic (exact) mass is 649 g/mol. The molecule has 1 aliphatic rings. The van der Waals surface area contributed by atoms with Crippen LogP contribution in [0.1, 0.15) is 36.2 Å². The first kappa shape index (κ1) is 23.3. The van der Waals surface area contributed by atoms with Crippen LogP contribution in [0.3, 0.4) is 0 Å². The van der Waals surface area contributed by atoms with Crippen LogP contribution in [0.25, 0.3) is 15.8 Å². The van der Waals surface area contributed by atoms with Crippen molar-refractivity contribution in [3.63, 3.8) is 0 Å². The number of hydrogen-bond donors (Lipinski definition) is 1. The Morgan fingerprint density at radius 3 is 2.77 bits per heavy atom. The number of allylic oxidation sites excluding steroid dienone is 2. The minimum absolute atomic E-state index is 0.0836. The van der Waals surface area contributed by atoms with E-state index in [0.29, 0.717) is 38.4 Å². The number of carbonyl (C=O) groups excluding carboxylic acids is 1. The van der Waals surface area contributed by atoms with Gasteiger partial charge in [-0.3, -0.25) is 0 Å². The quantitative estimate of drug-likeness (QED) is 0.233. The Balaban J connectivity index is 1.65. The maximum atomic E-state index is 13.0. The zero-order valence-corrected chi connectivity index (χ0v) is 22.8. The van der Waals surface area contributed by atoms with E-state index in [1.807, 2.05) is 18.2 Å². The number of hydrogen-bond acceptors (Lipinski definition) is 2. The van der Waals surface area contributed by atoms with Crippen molar-refractivity contribution in [1.29, 1.82) is 0 Å². The van der Waals surface area contributed by atoms with E-state index in [1.165, 1.54) is 12.8 Å². The number of nitrogens with one attached hydrogen (secondary N) is 1. The summed E-state index contributed by atoms with van der Waals surface area (Å²) in [7, 11) is 0. The van der Waals surface area contributed by atoms with Gasteiger partial charge in [-0.25, -0.2) is 0 Å². The molecule has 162 valence electrons. The summed E-state index contributed by atoms with van der Waals surface area (Å²) >= 11 is 19.9. The predicted molar refractivity (Wildman–Crippen MR) is 135 cm³/mol. The molecule has 31 heavy (non-hydrogen) atoms. The van der Waals surface area contributed by atoms with Crippen molar-refractivity contribution in [1.82, 2.24) is 15.1 Å². The fourth-order valence-electron chi connectivity index (χ4n) is 3.60. The molecule has 0 radical (unpaired) electrons. The number of amides is 1. The van der Waals surface area contributed by atoms with Gasteiger partial charge in [-0.2, -0.15) is 0 Å². The summed E-state index contributed by atoms with van der Waals surface area (Å²) in [5.74, 6) is 0.336. The van der Waals surface area contributed by atoms with E-state index < -0.39 is 0 Å². The third-order valence-electron chi connectivity index (χ3n) is 5.14. The molecule has 2 aromatic heterocycles. The Kier molecular flexibility index (Phi) is 7.84. The third-order valence-corrected chi connectivity index (χ3v) is 9.38. The van der Waals surface area contributed by atoms with Gasteiger partial charge < -0.3 is 0 Å². The van der Waals surface area contributed by atoms with Gasteiger partial charge in [-0.05, 0) is 0 Å². The molecule has 0 aliphatic heterocycles. The normalized spacial score (nSPS) is 15.9. The van der Waals surface area contributed by atoms with Gasteiger partial charge in [0.15, 0.2) is 0 Å². The molecule has 1 aromatic carbocycles. The molecular formula is C22H19Br2Cl2N3OSe. The second kappa shape index (κ2) is 10.4. The van der Waals surface area contributed by atoms with Crippen LogP contribution in [0, 0.1) is 5.92 Å². The van der Waals surface area contributed by atoms with Crippen LogP contribution in [-0.2, 0) is 0 Å². The van der Waals surface area contributed by atoms with Crippen molar-refractivity contribution in [2.24, 2.45) is 5.92 Å². The number of carbonyl (C=O) groups is 1. The molecule has 0 saturated heterocycles. The summed E-state index contributed by atoms with van der Waals surface area (Å²) in [4.78, 5) is 13.0. The molecule has 0 spiro atoms. The molecule has 1 atom stereocenters. The summed E-state index contributed by atoms with van der Waals surface area (Å²) in [6.45, 7) is 0.615. The van der Waals surface area contributed by atoms with E-state index in [1.54, 1.807) is 16.8 Å². The second-order valence-corrected chi connectivity index (χ2v) is 13.2. The summed E-state index contributed by atoms with van der Waals surface area (Å²) in [5, 5.41) is 8.70. The fraction of sp³-hybridized carbons (Fsp3) is 0.273. The molecule has 2 heterocycles. The van der Waals surface area contributed by atoms with Gasteiger partial charge in [0.1, 0.15) is 0 Å². The number of nitrogens with zero attached hydrogens (tertiary/aromatic N) is 2. The SMILES string of the molecule is O=C(NCCC1C=CCCC1)c1nn(-c2ccc(Cl)cc2Cl)c(-c2ccc(Br)[se]2)c1Br. The first-order valence-corrected chi connectivity index (χ1v) is 13.9. The van der Waals surface area contributed by atoms with Crippen LogP contribution >= 0.6 is 55.1 Å². The molecule has 1 unspecified atom stereocenters. The molecule has 0 bridgehead atoms. The number of benzene rings is 1. The molecule has 1 N–H and O–H groups in total. The van der Waals surface area contributed by atoms with Crippen LogP contribution in [0.2, 0.25) is 10.0 Å². The molecular weight excluding hydrogens is 632 g/mol. The zero-order chi connectivity index (χ0) is 22.0. The van der Waals surface area contributed by atoms with Crippen molar-refractivity contribution in [3.05, 3.63) is 66.0 Å². The fourth-order valence-corrected chi connectivity index (χ4v) is 7.68. The summed E-state index contributed by atoms with van der Waals surface area (Å²) in [6, 6.07) is 9.33. The summed E-state index contributed by atoms with van der Waals surface area (Å²) < 4.78 is 4.62. The first-order valence-electron chi connectivity index (χ1n) is 9.88. The van der Waals surface area contributed by atoms with E-state index >= 15 is 0 Å². The number of rotatable bonds is 6. The molecule has 0 fully saturated rings. The number of aromatic nitrogens is 2. The van der Waals surface area contributed by atoms with E-state index in [9.17, 15) is 4.79 Å². The molecule has 3 aromatic rings. The van der Waals surface area contributed by atoms with Crippen molar-refractivity contribution < 1.29 is 4.79 Å². The Bertz CT molecular complexity index is 1140. The average molecular weight is 651 g/mol. The van der Waals surface area contributed by atoms with E-state index in [4.69, 9.17) is 23.2 Å². The van der Waals surface area contributed by atoms with Gasteiger partial charge in [-0.1, -0.05) is 0 Å². The third kappa shape index (κ3) is 5.40. The van der Waals surface area contributed by atoms with Crippen molar-refractivity contribution in [3.8, 4) is 15.8 Å². The molecule has 1 amide bonds. The van der Waals surface area contributed by atoms with Crippen LogP contribution in [0.4, 0.5) is 0 Å². The predicted octanol–water partition coefficient (Wildman–Crippen LogP) is 6.90. The van der Waals surface area contributed by atoms with Gasteiger partial charge in [0, 0.05) is 0 Å². The van der Waals surface area contributed by atoms with Crippen molar-refractivity contribution in [2.45, 2.75) is 25.7 Å². The molecule has 4 rings (SSSR count). The maximum absolute atomic E-state index is 13.0. The topological polar surface area (TPSA) is 46.9 Å². The van der Waals surface area contributed by atoms with Gasteiger partial charge >= 0.3 is 215 Å². The molecule has 0 saturated carbocycles. The zero-order valence-electron chi connectivity index (χ0n) is 16.4. The molecule has 9 heteroatoms.